The van der Waals surface area contributed by atoms with Gasteiger partial charge >= 0.3 is 0 Å². The molecule has 4 nitrogen and oxygen atoms in total. The maximum absolute atomic E-state index is 6.27. The number of halogens is 1. The summed E-state index contributed by atoms with van der Waals surface area (Å²) in [5.41, 5.74) is 3.79. The van der Waals surface area contributed by atoms with Gasteiger partial charge in [-0.1, -0.05) is 60.1 Å². The molecule has 4 rings (SSSR count). The molecule has 0 aliphatic rings. The molecule has 0 spiro atoms. The standard InChI is InChI=1S/C19H16ClN3O/c20-19-17-18(15-8-4-5-9-16(15)22-19)23(13-21-17)10-11-24-12-14-6-2-1-3-7-14/h1-9,13H,10-12H2. The second-order valence-electron chi connectivity index (χ2n) is 5.59. The Hall–Kier alpha value is -2.43. The average molecular weight is 338 g/mol. The molecule has 2 heterocycles. The van der Waals surface area contributed by atoms with Crippen molar-refractivity contribution in [1.29, 1.82) is 0 Å². The van der Waals surface area contributed by atoms with Crippen LogP contribution >= 0.6 is 11.6 Å². The van der Waals surface area contributed by atoms with Crippen molar-refractivity contribution in [3.8, 4) is 0 Å². The first-order valence-corrected chi connectivity index (χ1v) is 8.21. The first kappa shape index (κ1) is 15.1. The van der Waals surface area contributed by atoms with Gasteiger partial charge < -0.3 is 9.30 Å². The van der Waals surface area contributed by atoms with Crippen LogP contribution in [0.1, 0.15) is 5.56 Å². The maximum atomic E-state index is 6.27. The third-order valence-corrected chi connectivity index (χ3v) is 4.26. The number of aromatic nitrogens is 3. The number of fused-ring (bicyclic) bond motifs is 3. The topological polar surface area (TPSA) is 39.9 Å². The SMILES string of the molecule is Clc1nc2ccccc2c2c1ncn2CCOCc1ccccc1. The van der Waals surface area contributed by atoms with E-state index in [9.17, 15) is 0 Å². The molecule has 0 aliphatic heterocycles. The Morgan fingerprint density at radius 3 is 2.67 bits per heavy atom. The Labute approximate surface area is 144 Å². The van der Waals surface area contributed by atoms with Crippen molar-refractivity contribution in [2.75, 3.05) is 6.61 Å². The monoisotopic (exact) mass is 337 g/mol. The minimum atomic E-state index is 0.438. The van der Waals surface area contributed by atoms with Crippen LogP contribution in [0.4, 0.5) is 0 Å². The number of para-hydroxylation sites is 1. The van der Waals surface area contributed by atoms with Crippen LogP contribution in [0.2, 0.25) is 5.15 Å². The molecular formula is C19H16ClN3O. The summed E-state index contributed by atoms with van der Waals surface area (Å²) < 4.78 is 7.87. The summed E-state index contributed by atoms with van der Waals surface area (Å²) >= 11 is 6.27. The molecule has 0 atom stereocenters. The summed E-state index contributed by atoms with van der Waals surface area (Å²) in [6, 6.07) is 18.1. The van der Waals surface area contributed by atoms with Gasteiger partial charge in [-0.15, -0.1) is 0 Å². The summed E-state index contributed by atoms with van der Waals surface area (Å²) in [6.45, 7) is 1.93. The summed E-state index contributed by atoms with van der Waals surface area (Å²) in [6.07, 6.45) is 1.80. The van der Waals surface area contributed by atoms with Crippen LogP contribution in [-0.4, -0.2) is 21.1 Å². The number of benzene rings is 2. The first-order valence-electron chi connectivity index (χ1n) is 7.83. The van der Waals surface area contributed by atoms with Gasteiger partial charge in [0.05, 0.1) is 30.6 Å². The van der Waals surface area contributed by atoms with E-state index >= 15 is 0 Å². The number of ether oxygens (including phenoxy) is 1. The number of nitrogens with zero attached hydrogens (tertiary/aromatic N) is 3. The Morgan fingerprint density at radius 2 is 1.79 bits per heavy atom. The fourth-order valence-electron chi connectivity index (χ4n) is 2.84. The van der Waals surface area contributed by atoms with Crippen LogP contribution in [-0.2, 0) is 17.9 Å². The fourth-order valence-corrected chi connectivity index (χ4v) is 3.07. The summed E-state index contributed by atoms with van der Waals surface area (Å²) in [5, 5.41) is 1.49. The second-order valence-corrected chi connectivity index (χ2v) is 5.95. The zero-order chi connectivity index (χ0) is 16.4. The summed E-state index contributed by atoms with van der Waals surface area (Å²) in [5.74, 6) is 0. The van der Waals surface area contributed by atoms with Crippen LogP contribution in [0, 0.1) is 0 Å². The summed E-state index contributed by atoms with van der Waals surface area (Å²) in [7, 11) is 0. The molecule has 4 aromatic rings. The van der Waals surface area contributed by atoms with E-state index in [1.807, 2.05) is 42.5 Å². The van der Waals surface area contributed by atoms with Crippen LogP contribution in [0.5, 0.6) is 0 Å². The lowest BCUT2D eigenvalue weighted by Gasteiger charge is -2.08. The molecule has 0 amide bonds. The largest absolute Gasteiger partial charge is 0.375 e. The van der Waals surface area contributed by atoms with Gasteiger partial charge in [-0.05, 0) is 11.6 Å². The highest BCUT2D eigenvalue weighted by atomic mass is 35.5. The van der Waals surface area contributed by atoms with E-state index in [-0.39, 0.29) is 0 Å². The molecule has 0 saturated heterocycles. The van der Waals surface area contributed by atoms with E-state index in [0.29, 0.717) is 24.9 Å². The van der Waals surface area contributed by atoms with Gasteiger partial charge in [-0.2, -0.15) is 0 Å². The highest BCUT2D eigenvalue weighted by Gasteiger charge is 2.12. The van der Waals surface area contributed by atoms with Gasteiger partial charge in [0.15, 0.2) is 5.15 Å². The molecule has 0 aliphatic carbocycles. The van der Waals surface area contributed by atoms with Crippen molar-refractivity contribution >= 4 is 33.5 Å². The number of pyridine rings is 1. The molecule has 24 heavy (non-hydrogen) atoms. The van der Waals surface area contributed by atoms with Crippen molar-refractivity contribution in [2.24, 2.45) is 0 Å². The molecule has 0 radical (unpaired) electrons. The van der Waals surface area contributed by atoms with E-state index in [1.54, 1.807) is 6.33 Å². The molecule has 2 aromatic carbocycles. The molecule has 5 heteroatoms. The van der Waals surface area contributed by atoms with E-state index in [0.717, 1.165) is 21.9 Å². The lowest BCUT2D eigenvalue weighted by atomic mass is 10.2. The van der Waals surface area contributed by atoms with Crippen LogP contribution in [0.3, 0.4) is 0 Å². The minimum absolute atomic E-state index is 0.438. The van der Waals surface area contributed by atoms with Crippen LogP contribution < -0.4 is 0 Å². The fraction of sp³-hybridized carbons (Fsp3) is 0.158. The molecule has 0 saturated carbocycles. The van der Waals surface area contributed by atoms with E-state index in [4.69, 9.17) is 16.3 Å². The Bertz CT molecular complexity index is 982. The molecule has 120 valence electrons. The molecular weight excluding hydrogens is 322 g/mol. The smallest absolute Gasteiger partial charge is 0.157 e. The van der Waals surface area contributed by atoms with Crippen molar-refractivity contribution in [1.82, 2.24) is 14.5 Å². The quantitative estimate of drug-likeness (QED) is 0.399. The van der Waals surface area contributed by atoms with Gasteiger partial charge in [0, 0.05) is 11.9 Å². The van der Waals surface area contributed by atoms with Gasteiger partial charge in [0.1, 0.15) is 5.52 Å². The zero-order valence-electron chi connectivity index (χ0n) is 13.0. The molecule has 2 aromatic heterocycles. The predicted molar refractivity (Wildman–Crippen MR) is 96.1 cm³/mol. The lowest BCUT2D eigenvalue weighted by molar-refractivity contribution is 0.114. The minimum Gasteiger partial charge on any atom is -0.375 e. The van der Waals surface area contributed by atoms with E-state index in [2.05, 4.69) is 26.7 Å². The third-order valence-electron chi connectivity index (χ3n) is 4.00. The molecule has 0 bridgehead atoms. The van der Waals surface area contributed by atoms with Gasteiger partial charge in [0.2, 0.25) is 0 Å². The van der Waals surface area contributed by atoms with Crippen molar-refractivity contribution in [3.63, 3.8) is 0 Å². The Kier molecular flexibility index (Phi) is 4.15. The maximum Gasteiger partial charge on any atom is 0.157 e. The Morgan fingerprint density at radius 1 is 1.00 bits per heavy atom. The Balaban J connectivity index is 1.56. The van der Waals surface area contributed by atoms with Crippen LogP contribution in [0.15, 0.2) is 60.9 Å². The molecule has 0 unspecified atom stereocenters. The van der Waals surface area contributed by atoms with E-state index < -0.39 is 0 Å². The molecule has 0 fully saturated rings. The van der Waals surface area contributed by atoms with Crippen molar-refractivity contribution in [3.05, 3.63) is 71.6 Å². The van der Waals surface area contributed by atoms with Crippen molar-refractivity contribution in [2.45, 2.75) is 13.2 Å². The second kappa shape index (κ2) is 6.59. The highest BCUT2D eigenvalue weighted by Crippen LogP contribution is 2.28. The van der Waals surface area contributed by atoms with Gasteiger partial charge in [-0.3, -0.25) is 0 Å². The number of rotatable bonds is 5. The number of hydrogen-bond donors (Lipinski definition) is 0. The zero-order valence-corrected chi connectivity index (χ0v) is 13.8. The number of imidazole rings is 1. The van der Waals surface area contributed by atoms with Gasteiger partial charge in [-0.25, -0.2) is 9.97 Å². The van der Waals surface area contributed by atoms with E-state index in [1.165, 1.54) is 5.56 Å². The summed E-state index contributed by atoms with van der Waals surface area (Å²) in [4.78, 5) is 8.83. The first-order chi connectivity index (χ1) is 11.8. The van der Waals surface area contributed by atoms with Gasteiger partial charge in [0.25, 0.3) is 0 Å². The number of hydrogen-bond acceptors (Lipinski definition) is 3. The normalized spacial score (nSPS) is 11.4. The third kappa shape index (κ3) is 2.86. The van der Waals surface area contributed by atoms with Crippen molar-refractivity contribution < 1.29 is 4.74 Å². The van der Waals surface area contributed by atoms with Crippen LogP contribution in [0.25, 0.3) is 21.9 Å². The predicted octanol–water partition coefficient (Wildman–Crippen LogP) is 4.45. The average Bonchev–Trinajstić information content (AvgIpc) is 3.05. The highest BCUT2D eigenvalue weighted by molar-refractivity contribution is 6.35. The molecule has 0 N–H and O–H groups in total. The lowest BCUT2D eigenvalue weighted by Crippen LogP contribution is -2.05.